The molecule has 2 aliphatic heterocycles. The quantitative estimate of drug-likeness (QED) is 0.708. The van der Waals surface area contributed by atoms with Gasteiger partial charge < -0.3 is 9.47 Å². The molecule has 4 heteroatoms. The number of Topliss-reactive ketones (excluding diaryl/α,β-unsaturated/α-hetero) is 1. The number of ether oxygens (including phenoxy) is 2. The number of carbonyl (C=O) groups excluding carboxylic acids is 1. The van der Waals surface area contributed by atoms with Crippen LogP contribution in [0.2, 0.25) is 0 Å². The normalized spacial score (nSPS) is 33.1. The average molecular weight is 216 g/mol. The summed E-state index contributed by atoms with van der Waals surface area (Å²) in [5.41, 5.74) is 0. The first-order chi connectivity index (χ1) is 6.86. The Balaban J connectivity index is 1.75. The predicted octanol–water partition coefficient (Wildman–Crippen LogP) is 1.11. The van der Waals surface area contributed by atoms with Gasteiger partial charge in [-0.25, -0.2) is 0 Å². The third kappa shape index (κ3) is 2.72. The highest BCUT2D eigenvalue weighted by molar-refractivity contribution is 7.99. The van der Waals surface area contributed by atoms with E-state index in [2.05, 4.69) is 0 Å². The van der Waals surface area contributed by atoms with Gasteiger partial charge in [-0.1, -0.05) is 0 Å². The molecule has 2 aliphatic rings. The van der Waals surface area contributed by atoms with Crippen LogP contribution in [-0.4, -0.2) is 43.2 Å². The Morgan fingerprint density at radius 2 is 2.36 bits per heavy atom. The maximum atomic E-state index is 11.8. The number of ketones is 1. The fourth-order valence-electron chi connectivity index (χ4n) is 1.83. The van der Waals surface area contributed by atoms with Crippen molar-refractivity contribution < 1.29 is 14.3 Å². The molecule has 14 heavy (non-hydrogen) atoms. The first-order valence-electron chi connectivity index (χ1n) is 5.16. The summed E-state index contributed by atoms with van der Waals surface area (Å²) in [6.07, 6.45) is 1.53. The second kappa shape index (κ2) is 5.14. The number of carbonyl (C=O) groups is 1. The molecule has 0 aromatic rings. The summed E-state index contributed by atoms with van der Waals surface area (Å²) in [5.74, 6) is 2.58. The molecule has 3 nitrogen and oxygen atoms in total. The van der Waals surface area contributed by atoms with E-state index in [1.165, 1.54) is 0 Å². The third-order valence-corrected chi connectivity index (χ3v) is 3.68. The van der Waals surface area contributed by atoms with Gasteiger partial charge in [0.05, 0.1) is 6.61 Å². The van der Waals surface area contributed by atoms with Crippen molar-refractivity contribution >= 4 is 17.5 Å². The molecule has 0 N–H and O–H groups in total. The van der Waals surface area contributed by atoms with Gasteiger partial charge in [0.15, 0.2) is 5.78 Å². The minimum Gasteiger partial charge on any atom is -0.381 e. The molecule has 2 saturated heterocycles. The molecule has 2 unspecified atom stereocenters. The zero-order valence-corrected chi connectivity index (χ0v) is 9.05. The summed E-state index contributed by atoms with van der Waals surface area (Å²) in [6.45, 7) is 2.30. The molecule has 0 bridgehead atoms. The van der Waals surface area contributed by atoms with Crippen molar-refractivity contribution in [1.82, 2.24) is 0 Å². The molecule has 2 fully saturated rings. The topological polar surface area (TPSA) is 35.5 Å². The van der Waals surface area contributed by atoms with Crippen LogP contribution < -0.4 is 0 Å². The summed E-state index contributed by atoms with van der Waals surface area (Å²) in [6, 6.07) is 0. The fourth-order valence-corrected chi connectivity index (χ4v) is 2.71. The Kier molecular flexibility index (Phi) is 3.84. The summed E-state index contributed by atoms with van der Waals surface area (Å²) in [5, 5.41) is 0. The minimum atomic E-state index is -0.144. The van der Waals surface area contributed by atoms with E-state index in [-0.39, 0.29) is 11.9 Å². The fraction of sp³-hybridized carbons (Fsp3) is 0.900. The first kappa shape index (κ1) is 10.5. The van der Waals surface area contributed by atoms with Crippen LogP contribution in [0, 0.1) is 5.92 Å². The lowest BCUT2D eigenvalue weighted by Gasteiger charge is -2.21. The van der Waals surface area contributed by atoms with Crippen molar-refractivity contribution in [3.05, 3.63) is 0 Å². The van der Waals surface area contributed by atoms with E-state index >= 15 is 0 Å². The second-order valence-corrected chi connectivity index (χ2v) is 4.98. The molecule has 0 aliphatic carbocycles. The van der Waals surface area contributed by atoms with Crippen LogP contribution in [0.1, 0.15) is 12.8 Å². The lowest BCUT2D eigenvalue weighted by atomic mass is 10.00. The van der Waals surface area contributed by atoms with E-state index in [1.54, 1.807) is 0 Å². The van der Waals surface area contributed by atoms with Crippen LogP contribution in [0.25, 0.3) is 0 Å². The van der Waals surface area contributed by atoms with Gasteiger partial charge >= 0.3 is 0 Å². The SMILES string of the molecule is O=C(CC1CCOC1)C1CSCCO1. The van der Waals surface area contributed by atoms with Crippen LogP contribution in [0.4, 0.5) is 0 Å². The molecule has 0 aromatic carbocycles. The van der Waals surface area contributed by atoms with Gasteiger partial charge in [0.1, 0.15) is 6.10 Å². The van der Waals surface area contributed by atoms with Gasteiger partial charge in [-0.2, -0.15) is 11.8 Å². The number of hydrogen-bond acceptors (Lipinski definition) is 4. The van der Waals surface area contributed by atoms with E-state index in [0.29, 0.717) is 12.3 Å². The van der Waals surface area contributed by atoms with E-state index in [9.17, 15) is 4.79 Å². The molecule has 0 saturated carbocycles. The Bertz CT molecular complexity index is 196. The molecule has 2 atom stereocenters. The van der Waals surface area contributed by atoms with Crippen molar-refractivity contribution in [3.8, 4) is 0 Å². The van der Waals surface area contributed by atoms with E-state index in [1.807, 2.05) is 11.8 Å². The maximum Gasteiger partial charge on any atom is 0.162 e. The molecule has 0 spiro atoms. The van der Waals surface area contributed by atoms with E-state index < -0.39 is 0 Å². The lowest BCUT2D eigenvalue weighted by molar-refractivity contribution is -0.130. The van der Waals surface area contributed by atoms with Crippen molar-refractivity contribution in [2.45, 2.75) is 18.9 Å². The minimum absolute atomic E-state index is 0.144. The predicted molar refractivity (Wildman–Crippen MR) is 55.6 cm³/mol. The van der Waals surface area contributed by atoms with Crippen LogP contribution in [0.3, 0.4) is 0 Å². The molecular formula is C10H16O3S. The van der Waals surface area contributed by atoms with Crippen molar-refractivity contribution in [3.63, 3.8) is 0 Å². The van der Waals surface area contributed by atoms with Crippen molar-refractivity contribution in [2.24, 2.45) is 5.92 Å². The molecular weight excluding hydrogens is 200 g/mol. The Morgan fingerprint density at radius 1 is 1.43 bits per heavy atom. The van der Waals surface area contributed by atoms with Crippen LogP contribution in [0.15, 0.2) is 0 Å². The number of hydrogen-bond donors (Lipinski definition) is 0. The second-order valence-electron chi connectivity index (χ2n) is 3.83. The lowest BCUT2D eigenvalue weighted by Crippen LogP contribution is -2.32. The average Bonchev–Trinajstić information content (AvgIpc) is 2.72. The third-order valence-electron chi connectivity index (χ3n) is 2.69. The van der Waals surface area contributed by atoms with Gasteiger partial charge in [0, 0.05) is 31.1 Å². The van der Waals surface area contributed by atoms with Crippen LogP contribution >= 0.6 is 11.8 Å². The highest BCUT2D eigenvalue weighted by atomic mass is 32.2. The maximum absolute atomic E-state index is 11.8. The van der Waals surface area contributed by atoms with Gasteiger partial charge in [0.2, 0.25) is 0 Å². The van der Waals surface area contributed by atoms with Gasteiger partial charge in [0.25, 0.3) is 0 Å². The zero-order chi connectivity index (χ0) is 9.80. The summed E-state index contributed by atoms with van der Waals surface area (Å²) < 4.78 is 10.7. The molecule has 2 heterocycles. The highest BCUT2D eigenvalue weighted by Gasteiger charge is 2.26. The molecule has 0 amide bonds. The standard InChI is InChI=1S/C10H16O3S/c11-9(5-8-1-2-12-6-8)10-7-14-4-3-13-10/h8,10H,1-7H2. The summed E-state index contributed by atoms with van der Waals surface area (Å²) in [4.78, 5) is 11.8. The van der Waals surface area contributed by atoms with Gasteiger partial charge in [-0.15, -0.1) is 0 Å². The van der Waals surface area contributed by atoms with Gasteiger partial charge in [-0.3, -0.25) is 4.79 Å². The zero-order valence-electron chi connectivity index (χ0n) is 8.24. The number of rotatable bonds is 3. The molecule has 0 radical (unpaired) electrons. The Hall–Kier alpha value is -0.0600. The van der Waals surface area contributed by atoms with Gasteiger partial charge in [-0.05, 0) is 12.3 Å². The van der Waals surface area contributed by atoms with Crippen LogP contribution in [-0.2, 0) is 14.3 Å². The summed E-state index contributed by atoms with van der Waals surface area (Å²) >= 11 is 1.81. The first-order valence-corrected chi connectivity index (χ1v) is 6.31. The van der Waals surface area contributed by atoms with Crippen molar-refractivity contribution in [1.29, 1.82) is 0 Å². The Labute approximate surface area is 88.5 Å². The largest absolute Gasteiger partial charge is 0.381 e. The smallest absolute Gasteiger partial charge is 0.162 e. The Morgan fingerprint density at radius 3 is 3.00 bits per heavy atom. The van der Waals surface area contributed by atoms with Crippen LogP contribution in [0.5, 0.6) is 0 Å². The molecule has 2 rings (SSSR count). The molecule has 80 valence electrons. The van der Waals surface area contributed by atoms with E-state index in [4.69, 9.17) is 9.47 Å². The highest BCUT2D eigenvalue weighted by Crippen LogP contribution is 2.20. The monoisotopic (exact) mass is 216 g/mol. The molecule has 0 aromatic heterocycles. The van der Waals surface area contributed by atoms with Crippen molar-refractivity contribution in [2.75, 3.05) is 31.3 Å². The number of thioether (sulfide) groups is 1. The van der Waals surface area contributed by atoms with E-state index in [0.717, 1.165) is 37.7 Å². The summed E-state index contributed by atoms with van der Waals surface area (Å²) in [7, 11) is 0.